The summed E-state index contributed by atoms with van der Waals surface area (Å²) in [5.41, 5.74) is 1.84. The lowest BCUT2D eigenvalue weighted by Gasteiger charge is -2.28. The van der Waals surface area contributed by atoms with E-state index in [1.807, 2.05) is 12.1 Å². The van der Waals surface area contributed by atoms with E-state index in [1.165, 1.54) is 23.9 Å². The smallest absolute Gasteiger partial charge is 0.242 e. The fraction of sp³-hybridized carbons (Fsp3) is 0.300. The van der Waals surface area contributed by atoms with Crippen molar-refractivity contribution in [3.05, 3.63) is 70.5 Å². The highest BCUT2D eigenvalue weighted by molar-refractivity contribution is 7.99. The van der Waals surface area contributed by atoms with Crippen molar-refractivity contribution in [3.8, 4) is 0 Å². The Balaban J connectivity index is 2.02. The van der Waals surface area contributed by atoms with Crippen LogP contribution in [-0.4, -0.2) is 35.6 Å². The Hall–Kier alpha value is -2.05. The molecule has 0 aliphatic rings. The Bertz CT molecular complexity index is 769. The molecule has 27 heavy (non-hydrogen) atoms. The normalized spacial score (nSPS) is 11.7. The van der Waals surface area contributed by atoms with Crippen molar-refractivity contribution in [2.24, 2.45) is 0 Å². The number of hydrogen-bond acceptors (Lipinski definition) is 3. The molecule has 2 amide bonds. The summed E-state index contributed by atoms with van der Waals surface area (Å²) in [6.45, 7) is 2.03. The van der Waals surface area contributed by atoms with Crippen LogP contribution in [-0.2, 0) is 21.9 Å². The molecular formula is C20H22ClFN2O2S. The monoisotopic (exact) mass is 408 g/mol. The van der Waals surface area contributed by atoms with Gasteiger partial charge in [0.15, 0.2) is 0 Å². The standard InChI is InChI=1S/C20H22ClFN2O2S/c1-14(20(26)23-2)24(11-15-3-7-17(21)8-4-15)19(25)13-27-12-16-5-9-18(22)10-6-16/h3-10,14H,11-13H2,1-2H3,(H,23,26)/t14-/m1/s1. The van der Waals surface area contributed by atoms with Gasteiger partial charge in [-0.05, 0) is 42.3 Å². The highest BCUT2D eigenvalue weighted by Crippen LogP contribution is 2.17. The SMILES string of the molecule is CNC(=O)[C@@H](C)N(Cc1ccc(Cl)cc1)C(=O)CSCc1ccc(F)cc1. The van der Waals surface area contributed by atoms with Crippen molar-refractivity contribution < 1.29 is 14.0 Å². The second-order valence-corrected chi connectivity index (χ2v) is 7.48. The number of nitrogens with one attached hydrogen (secondary N) is 1. The molecule has 2 rings (SSSR count). The topological polar surface area (TPSA) is 49.4 Å². The van der Waals surface area contributed by atoms with Gasteiger partial charge in [-0.15, -0.1) is 11.8 Å². The molecule has 0 bridgehead atoms. The fourth-order valence-electron chi connectivity index (χ4n) is 2.50. The summed E-state index contributed by atoms with van der Waals surface area (Å²) in [6, 6.07) is 12.8. The van der Waals surface area contributed by atoms with Gasteiger partial charge in [0, 0.05) is 24.4 Å². The first kappa shape index (κ1) is 21.3. The molecule has 0 unspecified atom stereocenters. The van der Waals surface area contributed by atoms with Crippen LogP contribution in [0.15, 0.2) is 48.5 Å². The number of rotatable bonds is 8. The van der Waals surface area contributed by atoms with Gasteiger partial charge in [-0.2, -0.15) is 0 Å². The second kappa shape index (κ2) is 10.3. The number of benzene rings is 2. The summed E-state index contributed by atoms with van der Waals surface area (Å²) < 4.78 is 13.0. The molecule has 1 N–H and O–H groups in total. The van der Waals surface area contributed by atoms with Gasteiger partial charge in [0.05, 0.1) is 5.75 Å². The molecule has 0 saturated heterocycles. The van der Waals surface area contributed by atoms with E-state index in [-0.39, 0.29) is 23.4 Å². The van der Waals surface area contributed by atoms with Gasteiger partial charge >= 0.3 is 0 Å². The van der Waals surface area contributed by atoms with Crippen molar-refractivity contribution in [2.75, 3.05) is 12.8 Å². The number of nitrogens with zero attached hydrogens (tertiary/aromatic N) is 1. The van der Waals surface area contributed by atoms with Crippen LogP contribution >= 0.6 is 23.4 Å². The minimum atomic E-state index is -0.593. The maximum Gasteiger partial charge on any atom is 0.242 e. The van der Waals surface area contributed by atoms with Gasteiger partial charge in [0.2, 0.25) is 11.8 Å². The summed E-state index contributed by atoms with van der Waals surface area (Å²) in [5, 5.41) is 3.20. The van der Waals surface area contributed by atoms with Crippen LogP contribution < -0.4 is 5.32 Å². The van der Waals surface area contributed by atoms with Crippen LogP contribution in [0.25, 0.3) is 0 Å². The predicted octanol–water partition coefficient (Wildman–Crippen LogP) is 3.88. The molecule has 0 spiro atoms. The first-order chi connectivity index (χ1) is 12.9. The number of likely N-dealkylation sites (N-methyl/N-ethyl adjacent to an activating group) is 1. The van der Waals surface area contributed by atoms with Crippen molar-refractivity contribution >= 4 is 35.2 Å². The highest BCUT2D eigenvalue weighted by atomic mass is 35.5. The Morgan fingerprint density at radius 3 is 2.30 bits per heavy atom. The zero-order valence-corrected chi connectivity index (χ0v) is 16.8. The number of carbonyl (C=O) groups is 2. The largest absolute Gasteiger partial charge is 0.357 e. The molecule has 0 radical (unpaired) electrons. The minimum absolute atomic E-state index is 0.131. The number of amides is 2. The molecule has 2 aromatic rings. The van der Waals surface area contributed by atoms with Gasteiger partial charge in [-0.25, -0.2) is 4.39 Å². The summed E-state index contributed by atoms with van der Waals surface area (Å²) in [5.74, 6) is 0.184. The van der Waals surface area contributed by atoms with Gasteiger partial charge in [0.25, 0.3) is 0 Å². The van der Waals surface area contributed by atoms with E-state index in [0.717, 1.165) is 11.1 Å². The molecule has 0 aliphatic heterocycles. The zero-order valence-electron chi connectivity index (χ0n) is 15.2. The summed E-state index contributed by atoms with van der Waals surface area (Å²) >= 11 is 7.34. The Labute approximate surface area is 168 Å². The van der Waals surface area contributed by atoms with Crippen LogP contribution in [0.5, 0.6) is 0 Å². The maximum absolute atomic E-state index is 13.0. The summed E-state index contributed by atoms with van der Waals surface area (Å²) in [6.07, 6.45) is 0. The maximum atomic E-state index is 13.0. The molecule has 0 saturated carbocycles. The Morgan fingerprint density at radius 1 is 1.11 bits per heavy atom. The van der Waals surface area contributed by atoms with Gasteiger partial charge < -0.3 is 10.2 Å². The fourth-order valence-corrected chi connectivity index (χ4v) is 3.49. The lowest BCUT2D eigenvalue weighted by atomic mass is 10.1. The quantitative estimate of drug-likeness (QED) is 0.721. The van der Waals surface area contributed by atoms with Gasteiger partial charge in [-0.1, -0.05) is 35.9 Å². The molecular weight excluding hydrogens is 387 g/mol. The Kier molecular flexibility index (Phi) is 8.13. The van der Waals surface area contributed by atoms with Crippen LogP contribution in [0.1, 0.15) is 18.1 Å². The summed E-state index contributed by atoms with van der Waals surface area (Å²) in [7, 11) is 1.55. The van der Waals surface area contributed by atoms with Gasteiger partial charge in [-0.3, -0.25) is 9.59 Å². The third-order valence-corrected chi connectivity index (χ3v) is 5.33. The second-order valence-electron chi connectivity index (χ2n) is 6.06. The van der Waals surface area contributed by atoms with E-state index in [2.05, 4.69) is 5.32 Å². The number of thioether (sulfide) groups is 1. The molecule has 0 heterocycles. The number of carbonyl (C=O) groups excluding carboxylic acids is 2. The van der Waals surface area contributed by atoms with Crippen LogP contribution in [0.4, 0.5) is 4.39 Å². The first-order valence-corrected chi connectivity index (χ1v) is 10.0. The lowest BCUT2D eigenvalue weighted by Crippen LogP contribution is -2.47. The number of halogens is 2. The van der Waals surface area contributed by atoms with E-state index in [0.29, 0.717) is 17.3 Å². The molecule has 0 aliphatic carbocycles. The molecule has 1 atom stereocenters. The summed E-state index contributed by atoms with van der Waals surface area (Å²) in [4.78, 5) is 26.4. The van der Waals surface area contributed by atoms with Crippen molar-refractivity contribution in [1.82, 2.24) is 10.2 Å². The third-order valence-electron chi connectivity index (χ3n) is 4.09. The van der Waals surface area contributed by atoms with Crippen LogP contribution in [0.3, 0.4) is 0 Å². The van der Waals surface area contributed by atoms with Crippen molar-refractivity contribution in [1.29, 1.82) is 0 Å². The van der Waals surface area contributed by atoms with Crippen LogP contribution in [0.2, 0.25) is 5.02 Å². The predicted molar refractivity (Wildman–Crippen MR) is 108 cm³/mol. The lowest BCUT2D eigenvalue weighted by molar-refractivity contribution is -0.138. The van der Waals surface area contributed by atoms with E-state index < -0.39 is 6.04 Å². The van der Waals surface area contributed by atoms with E-state index in [4.69, 9.17) is 11.6 Å². The third kappa shape index (κ3) is 6.56. The van der Waals surface area contributed by atoms with E-state index in [1.54, 1.807) is 43.1 Å². The molecule has 7 heteroatoms. The molecule has 0 aromatic heterocycles. The molecule has 0 fully saturated rings. The average Bonchev–Trinajstić information content (AvgIpc) is 2.67. The average molecular weight is 409 g/mol. The van der Waals surface area contributed by atoms with Gasteiger partial charge in [0.1, 0.15) is 11.9 Å². The van der Waals surface area contributed by atoms with Crippen molar-refractivity contribution in [2.45, 2.75) is 25.3 Å². The number of hydrogen-bond donors (Lipinski definition) is 1. The first-order valence-electron chi connectivity index (χ1n) is 8.48. The molecule has 4 nitrogen and oxygen atoms in total. The molecule has 2 aromatic carbocycles. The highest BCUT2D eigenvalue weighted by Gasteiger charge is 2.25. The Morgan fingerprint density at radius 2 is 1.70 bits per heavy atom. The van der Waals surface area contributed by atoms with E-state index in [9.17, 15) is 14.0 Å². The minimum Gasteiger partial charge on any atom is -0.357 e. The van der Waals surface area contributed by atoms with Crippen molar-refractivity contribution in [3.63, 3.8) is 0 Å². The van der Waals surface area contributed by atoms with E-state index >= 15 is 0 Å². The zero-order chi connectivity index (χ0) is 19.8. The van der Waals surface area contributed by atoms with Crippen LogP contribution in [0, 0.1) is 5.82 Å². The molecule has 144 valence electrons.